The molecule has 6 rings (SSSR count). The molecule has 3 heterocycles. The van der Waals surface area contributed by atoms with Crippen LogP contribution in [0, 0.1) is 0 Å². The molecular weight excluding hydrogens is 469 g/mol. The number of nitrogens with zero attached hydrogens (tertiary/aromatic N) is 2. The van der Waals surface area contributed by atoms with Gasteiger partial charge in [-0.15, -0.1) is 0 Å². The van der Waals surface area contributed by atoms with Gasteiger partial charge in [0.05, 0.1) is 23.1 Å². The molecule has 1 unspecified atom stereocenters. The lowest BCUT2D eigenvalue weighted by atomic mass is 9.86. The van der Waals surface area contributed by atoms with Gasteiger partial charge < -0.3 is 15.6 Å². The number of hydrogen-bond donors (Lipinski definition) is 2. The Morgan fingerprint density at radius 2 is 2.03 bits per heavy atom. The number of alkyl halides is 3. The number of ether oxygens (including phenoxy) is 1. The Morgan fingerprint density at radius 3 is 2.78 bits per heavy atom. The molecule has 0 radical (unpaired) electrons. The van der Waals surface area contributed by atoms with Gasteiger partial charge in [0.15, 0.2) is 0 Å². The second-order valence-electron chi connectivity index (χ2n) is 10.1. The van der Waals surface area contributed by atoms with E-state index in [9.17, 15) is 13.6 Å². The van der Waals surface area contributed by atoms with Gasteiger partial charge in [0, 0.05) is 23.1 Å². The highest BCUT2D eigenvalue weighted by atomic mass is 19.3. The Morgan fingerprint density at radius 1 is 1.25 bits per heavy atom. The molecule has 0 spiro atoms. The number of benzene rings is 2. The zero-order chi connectivity index (χ0) is 25.4. The molecule has 2 bridgehead atoms. The molecule has 3 aromatic rings. The Balaban J connectivity index is 1.56. The van der Waals surface area contributed by atoms with Crippen molar-refractivity contribution in [2.75, 3.05) is 0 Å². The van der Waals surface area contributed by atoms with Gasteiger partial charge in [-0.1, -0.05) is 42.5 Å². The molecule has 1 aliphatic carbocycles. The van der Waals surface area contributed by atoms with Gasteiger partial charge in [-0.2, -0.15) is 8.78 Å². The Kier molecular flexibility index (Phi) is 4.97. The molecule has 2 aromatic carbocycles. The van der Waals surface area contributed by atoms with Crippen LogP contribution in [0.3, 0.4) is 0 Å². The fourth-order valence-corrected chi connectivity index (χ4v) is 5.80. The van der Waals surface area contributed by atoms with Crippen molar-refractivity contribution >= 4 is 16.9 Å². The number of nitrogens with one attached hydrogen (secondary N) is 1. The summed E-state index contributed by atoms with van der Waals surface area (Å²) >= 11 is 0. The van der Waals surface area contributed by atoms with Gasteiger partial charge in [0.1, 0.15) is 5.82 Å². The molecule has 1 aromatic heterocycles. The summed E-state index contributed by atoms with van der Waals surface area (Å²) in [6.07, 6.45) is 2.74. The number of halogens is 3. The third-order valence-corrected chi connectivity index (χ3v) is 7.25. The summed E-state index contributed by atoms with van der Waals surface area (Å²) in [7, 11) is 0. The van der Waals surface area contributed by atoms with Crippen molar-refractivity contribution in [2.24, 2.45) is 5.73 Å². The molecule has 0 saturated heterocycles. The van der Waals surface area contributed by atoms with E-state index >= 15 is 4.39 Å². The van der Waals surface area contributed by atoms with Crippen LogP contribution in [0.2, 0.25) is 0 Å². The van der Waals surface area contributed by atoms with E-state index < -0.39 is 42.4 Å². The molecule has 2 aliphatic heterocycles. The van der Waals surface area contributed by atoms with Crippen molar-refractivity contribution in [1.82, 2.24) is 14.9 Å². The van der Waals surface area contributed by atoms with Gasteiger partial charge in [0.2, 0.25) is 5.85 Å². The maximum absolute atomic E-state index is 16.1. The van der Waals surface area contributed by atoms with Crippen LogP contribution < -0.4 is 11.1 Å². The van der Waals surface area contributed by atoms with E-state index in [4.69, 9.17) is 10.7 Å². The smallest absolute Gasteiger partial charge is 0.342 e. The van der Waals surface area contributed by atoms with Crippen LogP contribution in [0.5, 0.6) is 0 Å². The normalized spacial score (nSPS) is 25.2. The van der Waals surface area contributed by atoms with E-state index in [-0.39, 0.29) is 11.1 Å². The Labute approximate surface area is 205 Å². The molecule has 186 valence electrons. The Hall–Kier alpha value is -3.43. The van der Waals surface area contributed by atoms with E-state index in [0.29, 0.717) is 17.8 Å². The fraction of sp³-hybridized carbons (Fsp3) is 0.333. The first kappa shape index (κ1) is 23.0. The highest BCUT2D eigenvalue weighted by molar-refractivity contribution is 5.99. The number of imidazole rings is 1. The lowest BCUT2D eigenvalue weighted by molar-refractivity contribution is -0.244. The maximum atomic E-state index is 16.1. The van der Waals surface area contributed by atoms with Crippen molar-refractivity contribution in [2.45, 2.75) is 56.8 Å². The molecule has 3 N–H and O–H groups in total. The second-order valence-corrected chi connectivity index (χ2v) is 10.1. The van der Waals surface area contributed by atoms with Gasteiger partial charge >= 0.3 is 6.61 Å². The number of nitrogens with two attached hydrogens (primary N) is 1. The zero-order valence-electron chi connectivity index (χ0n) is 19.8. The molecular formula is C27H25F3N4O2. The van der Waals surface area contributed by atoms with E-state index in [1.54, 1.807) is 0 Å². The molecule has 6 nitrogen and oxygen atoms in total. The van der Waals surface area contributed by atoms with Crippen LogP contribution in [0.25, 0.3) is 22.2 Å². The minimum Gasteiger partial charge on any atom is -0.342 e. The van der Waals surface area contributed by atoms with Crippen molar-refractivity contribution in [3.05, 3.63) is 77.2 Å². The number of carbonyl (C=O) groups is 1. The van der Waals surface area contributed by atoms with Crippen LogP contribution >= 0.6 is 0 Å². The van der Waals surface area contributed by atoms with E-state index in [2.05, 4.69) is 10.1 Å². The summed E-state index contributed by atoms with van der Waals surface area (Å²) in [5.74, 6) is -2.76. The van der Waals surface area contributed by atoms with Crippen molar-refractivity contribution in [3.8, 4) is 11.1 Å². The monoisotopic (exact) mass is 494 g/mol. The van der Waals surface area contributed by atoms with E-state index in [1.165, 1.54) is 12.2 Å². The number of aromatic nitrogens is 2. The summed E-state index contributed by atoms with van der Waals surface area (Å²) in [5.41, 5.74) is 9.98. The molecule has 0 saturated carbocycles. The van der Waals surface area contributed by atoms with Gasteiger partial charge in [-0.3, -0.25) is 9.53 Å². The number of hydrogen-bond acceptors (Lipinski definition) is 4. The second kappa shape index (κ2) is 7.78. The van der Waals surface area contributed by atoms with Gasteiger partial charge in [0.25, 0.3) is 5.91 Å². The highest BCUT2D eigenvalue weighted by Gasteiger charge is 2.52. The quantitative estimate of drug-likeness (QED) is 0.524. The Bertz CT molecular complexity index is 1470. The number of carbonyl (C=O) groups excluding carboxylic acids is 1. The van der Waals surface area contributed by atoms with Gasteiger partial charge in [-0.05, 0) is 49.1 Å². The summed E-state index contributed by atoms with van der Waals surface area (Å²) in [5, 5.41) is 2.90. The summed E-state index contributed by atoms with van der Waals surface area (Å²) in [4.78, 5) is 17.7. The van der Waals surface area contributed by atoms with Crippen LogP contribution in [0.15, 0.2) is 65.8 Å². The fourth-order valence-electron chi connectivity index (χ4n) is 5.80. The van der Waals surface area contributed by atoms with Crippen molar-refractivity contribution in [1.29, 1.82) is 0 Å². The first-order valence-corrected chi connectivity index (χ1v) is 11.8. The highest BCUT2D eigenvalue weighted by Crippen LogP contribution is 2.51. The topological polar surface area (TPSA) is 82.2 Å². The summed E-state index contributed by atoms with van der Waals surface area (Å²) < 4.78 is 49.0. The lowest BCUT2D eigenvalue weighted by Crippen LogP contribution is -2.39. The van der Waals surface area contributed by atoms with Crippen LogP contribution in [0.4, 0.5) is 13.2 Å². The molecule has 1 amide bonds. The molecule has 9 heteroatoms. The number of rotatable bonds is 4. The minimum atomic E-state index is -3.33. The standard InChI is InChI=1S/C27H25F3N4O2/c1-26(2,31)17-8-4-3-6-15(17)14-9-10-18-20(12-14)34-21-13-19(23(34)32-18)33-24(35)16-7-5-11-27(30,22(16)21)36-25(28)29/h3-10,12,19,21,25H,11,13,31H2,1-2H3,(H,33,35)/t19-,21-,27?/m1/s1. The first-order valence-electron chi connectivity index (χ1n) is 11.8. The van der Waals surface area contributed by atoms with E-state index in [0.717, 1.165) is 22.2 Å². The van der Waals surface area contributed by atoms with Crippen LogP contribution in [-0.2, 0) is 15.1 Å². The third kappa shape index (κ3) is 3.41. The zero-order valence-corrected chi connectivity index (χ0v) is 19.8. The summed E-state index contributed by atoms with van der Waals surface area (Å²) in [6, 6.07) is 12.4. The number of amides is 1. The average molecular weight is 495 g/mol. The van der Waals surface area contributed by atoms with Gasteiger partial charge in [-0.25, -0.2) is 9.37 Å². The third-order valence-electron chi connectivity index (χ3n) is 7.25. The predicted molar refractivity (Wildman–Crippen MR) is 129 cm³/mol. The van der Waals surface area contributed by atoms with E-state index in [1.807, 2.05) is 60.9 Å². The van der Waals surface area contributed by atoms with Crippen LogP contribution in [-0.4, -0.2) is 27.9 Å². The average Bonchev–Trinajstić information content (AvgIpc) is 3.29. The summed E-state index contributed by atoms with van der Waals surface area (Å²) in [6.45, 7) is 0.537. The maximum Gasteiger partial charge on any atom is 0.348 e. The SMILES string of the molecule is CC(C)(N)c1ccccc1-c1ccc2nc3n(c2c1)[C@@H]1C[C@H]3NC(=O)C2=C1C(F)(OC(F)F)CC=C2. The number of fused-ring (bicyclic) bond motifs is 8. The van der Waals surface area contributed by atoms with Crippen molar-refractivity contribution in [3.63, 3.8) is 0 Å². The largest absolute Gasteiger partial charge is 0.348 e. The lowest BCUT2D eigenvalue weighted by Gasteiger charge is -2.34. The molecule has 3 atom stereocenters. The molecule has 0 fully saturated rings. The molecule has 36 heavy (non-hydrogen) atoms. The predicted octanol–water partition coefficient (Wildman–Crippen LogP) is 5.17. The van der Waals surface area contributed by atoms with Crippen molar-refractivity contribution < 1.29 is 22.7 Å². The minimum absolute atomic E-state index is 0.0239. The van der Waals surface area contributed by atoms with Crippen LogP contribution in [0.1, 0.15) is 50.2 Å². The first-order chi connectivity index (χ1) is 17.1. The molecule has 3 aliphatic rings.